The maximum Gasteiger partial charge on any atom is 0.280 e. The Hall–Kier alpha value is -2.44. The number of hydrogen-bond donors (Lipinski definition) is 2. The largest absolute Gasteiger partial charge is 0.504 e. The van der Waals surface area contributed by atoms with E-state index in [1.54, 1.807) is 31.2 Å². The first kappa shape index (κ1) is 19.9. The number of hydrazone groups is 1. The van der Waals surface area contributed by atoms with Gasteiger partial charge in [-0.2, -0.15) is 5.10 Å². The maximum atomic E-state index is 12.1. The lowest BCUT2D eigenvalue weighted by Crippen LogP contribution is -2.33. The number of phenols is 1. The molecule has 138 valence electrons. The lowest BCUT2D eigenvalue weighted by Gasteiger charge is -2.14. The fourth-order valence-electron chi connectivity index (χ4n) is 1.96. The molecular formula is C18H18Cl2N2O4. The van der Waals surface area contributed by atoms with Gasteiger partial charge < -0.3 is 14.6 Å². The molecule has 2 N–H and O–H groups in total. The van der Waals surface area contributed by atoms with Crippen LogP contribution in [0.15, 0.2) is 41.5 Å². The van der Waals surface area contributed by atoms with Gasteiger partial charge in [-0.05, 0) is 55.8 Å². The number of hydrogen-bond acceptors (Lipinski definition) is 5. The van der Waals surface area contributed by atoms with Crippen LogP contribution in [0.2, 0.25) is 10.0 Å². The minimum absolute atomic E-state index is 0.0369. The first-order valence-electron chi connectivity index (χ1n) is 7.81. The van der Waals surface area contributed by atoms with E-state index in [-0.39, 0.29) is 5.75 Å². The number of amides is 1. The van der Waals surface area contributed by atoms with Crippen LogP contribution in [0.3, 0.4) is 0 Å². The van der Waals surface area contributed by atoms with Crippen LogP contribution < -0.4 is 14.9 Å². The van der Waals surface area contributed by atoms with E-state index in [2.05, 4.69) is 10.5 Å². The third-order valence-corrected chi connectivity index (χ3v) is 3.77. The molecule has 0 saturated carbocycles. The highest BCUT2D eigenvalue weighted by atomic mass is 35.5. The predicted octanol–water partition coefficient (Wildman–Crippen LogP) is 4.02. The second-order valence-corrected chi connectivity index (χ2v) is 6.07. The van der Waals surface area contributed by atoms with E-state index >= 15 is 0 Å². The Morgan fingerprint density at radius 3 is 2.73 bits per heavy atom. The lowest BCUT2D eigenvalue weighted by molar-refractivity contribution is -0.127. The molecular weight excluding hydrogens is 379 g/mol. The molecule has 2 rings (SSSR count). The van der Waals surface area contributed by atoms with E-state index in [4.69, 9.17) is 32.7 Å². The number of nitrogens with zero attached hydrogens (tertiary/aromatic N) is 1. The lowest BCUT2D eigenvalue weighted by atomic mass is 10.2. The summed E-state index contributed by atoms with van der Waals surface area (Å²) in [6, 6.07) is 9.48. The van der Waals surface area contributed by atoms with Crippen LogP contribution in [0.5, 0.6) is 17.2 Å². The Kier molecular flexibility index (Phi) is 7.12. The van der Waals surface area contributed by atoms with E-state index < -0.39 is 12.0 Å². The van der Waals surface area contributed by atoms with E-state index in [0.717, 1.165) is 0 Å². The minimum Gasteiger partial charge on any atom is -0.504 e. The summed E-state index contributed by atoms with van der Waals surface area (Å²) in [4.78, 5) is 12.1. The van der Waals surface area contributed by atoms with Gasteiger partial charge in [0.2, 0.25) is 0 Å². The van der Waals surface area contributed by atoms with E-state index in [1.165, 1.54) is 18.3 Å². The Balaban J connectivity index is 1.94. The Morgan fingerprint density at radius 1 is 1.27 bits per heavy atom. The summed E-state index contributed by atoms with van der Waals surface area (Å²) >= 11 is 11.8. The molecule has 1 amide bonds. The second-order valence-electron chi connectivity index (χ2n) is 5.23. The number of halogens is 2. The fourth-order valence-corrected chi connectivity index (χ4v) is 2.41. The summed E-state index contributed by atoms with van der Waals surface area (Å²) in [5, 5.41) is 14.3. The monoisotopic (exact) mass is 396 g/mol. The molecule has 0 heterocycles. The Morgan fingerprint density at radius 2 is 2.04 bits per heavy atom. The van der Waals surface area contributed by atoms with Gasteiger partial charge in [0.1, 0.15) is 5.75 Å². The highest BCUT2D eigenvalue weighted by Gasteiger charge is 2.15. The quantitative estimate of drug-likeness (QED) is 0.547. The van der Waals surface area contributed by atoms with Gasteiger partial charge in [0.05, 0.1) is 17.8 Å². The number of carbonyl (C=O) groups is 1. The van der Waals surface area contributed by atoms with Crippen LogP contribution in [0.4, 0.5) is 0 Å². The van der Waals surface area contributed by atoms with Gasteiger partial charge in [-0.1, -0.05) is 23.2 Å². The molecule has 6 nitrogen and oxygen atoms in total. The van der Waals surface area contributed by atoms with Crippen molar-refractivity contribution in [2.75, 3.05) is 6.61 Å². The second kappa shape index (κ2) is 9.31. The van der Waals surface area contributed by atoms with Crippen LogP contribution in [0.1, 0.15) is 19.4 Å². The van der Waals surface area contributed by atoms with Crippen LogP contribution in [-0.4, -0.2) is 29.9 Å². The van der Waals surface area contributed by atoms with Crippen molar-refractivity contribution in [3.05, 3.63) is 52.0 Å². The molecule has 0 aromatic heterocycles. The number of ether oxygens (including phenoxy) is 2. The summed E-state index contributed by atoms with van der Waals surface area (Å²) in [6.07, 6.45) is 0.617. The smallest absolute Gasteiger partial charge is 0.280 e. The van der Waals surface area contributed by atoms with Crippen LogP contribution in [0.25, 0.3) is 0 Å². The van der Waals surface area contributed by atoms with Crippen molar-refractivity contribution >= 4 is 35.3 Å². The zero-order chi connectivity index (χ0) is 19.1. The predicted molar refractivity (Wildman–Crippen MR) is 102 cm³/mol. The van der Waals surface area contributed by atoms with E-state index in [9.17, 15) is 9.90 Å². The standard InChI is InChI=1S/C18H18Cl2N2O4/c1-3-25-17-8-12(4-6-15(17)23)10-21-22-18(24)11(2)26-16-7-5-13(19)9-14(16)20/h4-11,23H,3H2,1-2H3,(H,22,24). The first-order chi connectivity index (χ1) is 12.4. The SMILES string of the molecule is CCOc1cc(C=NNC(=O)C(C)Oc2ccc(Cl)cc2Cl)ccc1O. The number of phenolic OH excluding ortho intramolecular Hbond substituents is 1. The van der Waals surface area contributed by atoms with Gasteiger partial charge in [-0.15, -0.1) is 0 Å². The molecule has 1 unspecified atom stereocenters. The number of benzene rings is 2. The normalized spacial score (nSPS) is 12.0. The molecule has 0 bridgehead atoms. The van der Waals surface area contributed by atoms with Gasteiger partial charge in [-0.3, -0.25) is 4.79 Å². The topological polar surface area (TPSA) is 80.2 Å². The summed E-state index contributed by atoms with van der Waals surface area (Å²) < 4.78 is 10.8. The van der Waals surface area contributed by atoms with Crippen molar-refractivity contribution in [3.63, 3.8) is 0 Å². The molecule has 1 atom stereocenters. The molecule has 0 aliphatic carbocycles. The molecule has 8 heteroatoms. The third kappa shape index (κ3) is 5.54. The maximum absolute atomic E-state index is 12.1. The molecule has 2 aromatic rings. The van der Waals surface area contributed by atoms with Crippen molar-refractivity contribution in [1.29, 1.82) is 0 Å². The average molecular weight is 397 g/mol. The van der Waals surface area contributed by atoms with Crippen molar-refractivity contribution in [2.45, 2.75) is 20.0 Å². The molecule has 0 saturated heterocycles. The third-order valence-electron chi connectivity index (χ3n) is 3.24. The summed E-state index contributed by atoms with van der Waals surface area (Å²) in [5.41, 5.74) is 3.03. The first-order valence-corrected chi connectivity index (χ1v) is 8.56. The van der Waals surface area contributed by atoms with Crippen LogP contribution in [0, 0.1) is 0 Å². The number of aromatic hydroxyl groups is 1. The molecule has 0 aliphatic heterocycles. The highest BCUT2D eigenvalue weighted by Crippen LogP contribution is 2.28. The minimum atomic E-state index is -0.815. The summed E-state index contributed by atoms with van der Waals surface area (Å²) in [7, 11) is 0. The number of nitrogens with one attached hydrogen (secondary N) is 1. The molecule has 0 spiro atoms. The molecule has 0 fully saturated rings. The molecule has 0 radical (unpaired) electrons. The van der Waals surface area contributed by atoms with Crippen molar-refractivity contribution in [2.24, 2.45) is 5.10 Å². The highest BCUT2D eigenvalue weighted by molar-refractivity contribution is 6.35. The fraction of sp³-hybridized carbons (Fsp3) is 0.222. The van der Waals surface area contributed by atoms with Crippen molar-refractivity contribution in [3.8, 4) is 17.2 Å². The van der Waals surface area contributed by atoms with Gasteiger partial charge >= 0.3 is 0 Å². The van der Waals surface area contributed by atoms with E-state index in [1.807, 2.05) is 6.92 Å². The zero-order valence-corrected chi connectivity index (χ0v) is 15.7. The van der Waals surface area contributed by atoms with Gasteiger partial charge in [0, 0.05) is 5.02 Å². The summed E-state index contributed by atoms with van der Waals surface area (Å²) in [6.45, 7) is 3.81. The number of rotatable bonds is 7. The summed E-state index contributed by atoms with van der Waals surface area (Å²) in [5.74, 6) is 0.283. The van der Waals surface area contributed by atoms with Gasteiger partial charge in [-0.25, -0.2) is 5.43 Å². The average Bonchev–Trinajstić information content (AvgIpc) is 2.60. The van der Waals surface area contributed by atoms with Crippen molar-refractivity contribution < 1.29 is 19.4 Å². The molecule has 2 aromatic carbocycles. The van der Waals surface area contributed by atoms with Gasteiger partial charge in [0.25, 0.3) is 5.91 Å². The molecule has 26 heavy (non-hydrogen) atoms. The van der Waals surface area contributed by atoms with E-state index in [0.29, 0.717) is 33.7 Å². The Bertz CT molecular complexity index is 812. The van der Waals surface area contributed by atoms with Crippen molar-refractivity contribution in [1.82, 2.24) is 5.43 Å². The number of carbonyl (C=O) groups excluding carboxylic acids is 1. The van der Waals surface area contributed by atoms with Crippen LogP contribution in [-0.2, 0) is 4.79 Å². The Labute approximate surface area is 161 Å². The molecule has 0 aliphatic rings. The zero-order valence-electron chi connectivity index (χ0n) is 14.2. The van der Waals surface area contributed by atoms with Crippen LogP contribution >= 0.6 is 23.2 Å². The van der Waals surface area contributed by atoms with Gasteiger partial charge in [0.15, 0.2) is 17.6 Å².